The summed E-state index contributed by atoms with van der Waals surface area (Å²) < 4.78 is 12.5. The summed E-state index contributed by atoms with van der Waals surface area (Å²) in [4.78, 5) is 22.5. The number of amides is 1. The van der Waals surface area contributed by atoms with Crippen molar-refractivity contribution in [2.75, 3.05) is 32.8 Å². The number of carbonyl (C=O) groups excluding carboxylic acids is 1. The quantitative estimate of drug-likeness (QED) is 0.449. The van der Waals surface area contributed by atoms with E-state index in [1.807, 2.05) is 36.4 Å². The van der Waals surface area contributed by atoms with Crippen LogP contribution in [0, 0.1) is 5.41 Å². The van der Waals surface area contributed by atoms with E-state index in [2.05, 4.69) is 64.3 Å². The van der Waals surface area contributed by atoms with Gasteiger partial charge < -0.3 is 14.8 Å². The Morgan fingerprint density at radius 2 is 1.70 bits per heavy atom. The molecule has 0 saturated carbocycles. The molecule has 0 spiro atoms. The first-order valence-corrected chi connectivity index (χ1v) is 14.6. The van der Waals surface area contributed by atoms with E-state index in [1.165, 1.54) is 5.56 Å². The summed E-state index contributed by atoms with van der Waals surface area (Å²) in [7, 11) is 0. The number of hydrogen-bond acceptors (Lipinski definition) is 6. The van der Waals surface area contributed by atoms with Crippen molar-refractivity contribution in [3.05, 3.63) is 84.1 Å². The maximum absolute atomic E-state index is 13.3. The Bertz CT molecular complexity index is 1240. The molecule has 1 amide bonds. The van der Waals surface area contributed by atoms with Crippen molar-refractivity contribution >= 4 is 5.91 Å². The molecule has 2 aromatic carbocycles. The van der Waals surface area contributed by atoms with Crippen molar-refractivity contribution in [1.82, 2.24) is 20.1 Å². The molecule has 0 radical (unpaired) electrons. The van der Waals surface area contributed by atoms with Gasteiger partial charge in [0.1, 0.15) is 0 Å². The highest BCUT2D eigenvalue weighted by Crippen LogP contribution is 2.34. The second-order valence-electron chi connectivity index (χ2n) is 11.9. The maximum atomic E-state index is 13.3. The van der Waals surface area contributed by atoms with Crippen molar-refractivity contribution in [1.29, 1.82) is 0 Å². The van der Waals surface area contributed by atoms with E-state index >= 15 is 0 Å². The fourth-order valence-corrected chi connectivity index (χ4v) is 5.53. The van der Waals surface area contributed by atoms with Crippen LogP contribution in [0.15, 0.2) is 72.9 Å². The lowest BCUT2D eigenvalue weighted by molar-refractivity contribution is -0.123. The number of carbonyl (C=O) groups is 1. The summed E-state index contributed by atoms with van der Waals surface area (Å²) in [5.41, 5.74) is 2.29. The van der Waals surface area contributed by atoms with Crippen LogP contribution in [0.4, 0.5) is 0 Å². The van der Waals surface area contributed by atoms with Crippen LogP contribution in [0.25, 0.3) is 0 Å². The normalized spacial score (nSPS) is 18.9. The third-order valence-corrected chi connectivity index (χ3v) is 7.81. The number of para-hydroxylation sites is 2. The van der Waals surface area contributed by atoms with Gasteiger partial charge in [-0.25, -0.2) is 4.98 Å². The van der Waals surface area contributed by atoms with Crippen LogP contribution in [0.1, 0.15) is 50.7 Å². The third-order valence-electron chi connectivity index (χ3n) is 7.81. The molecule has 212 valence electrons. The summed E-state index contributed by atoms with van der Waals surface area (Å²) in [6.45, 7) is 9.77. The molecule has 0 atom stereocenters. The first-order chi connectivity index (χ1) is 19.4. The summed E-state index contributed by atoms with van der Waals surface area (Å²) in [6.07, 6.45) is 5.66. The molecule has 1 saturated heterocycles. The van der Waals surface area contributed by atoms with Crippen molar-refractivity contribution in [3.8, 4) is 17.4 Å². The highest BCUT2D eigenvalue weighted by Gasteiger charge is 2.25. The monoisotopic (exact) mass is 542 g/mol. The Labute approximate surface area is 238 Å². The molecule has 2 aliphatic rings. The van der Waals surface area contributed by atoms with E-state index in [4.69, 9.17) is 9.47 Å². The molecule has 0 unspecified atom stereocenters. The lowest BCUT2D eigenvalue weighted by Crippen LogP contribution is -2.47. The summed E-state index contributed by atoms with van der Waals surface area (Å²) in [6, 6.07) is 22.5. The topological polar surface area (TPSA) is 66.9 Å². The highest BCUT2D eigenvalue weighted by molar-refractivity contribution is 5.78. The van der Waals surface area contributed by atoms with Gasteiger partial charge in [-0.2, -0.15) is 0 Å². The smallest absolute Gasteiger partial charge is 0.234 e. The fraction of sp³-hybridized carbons (Fsp3) is 0.455. The van der Waals surface area contributed by atoms with Crippen molar-refractivity contribution in [2.45, 2.75) is 58.7 Å². The zero-order valence-corrected chi connectivity index (χ0v) is 23.9. The Hall–Kier alpha value is -3.42. The first-order valence-electron chi connectivity index (χ1n) is 14.6. The largest absolute Gasteiger partial charge is 0.489 e. The van der Waals surface area contributed by atoms with Crippen LogP contribution < -0.4 is 14.8 Å². The van der Waals surface area contributed by atoms with Gasteiger partial charge in [0.05, 0.1) is 13.2 Å². The average Bonchev–Trinajstić information content (AvgIpc) is 2.95. The van der Waals surface area contributed by atoms with Gasteiger partial charge in [0.2, 0.25) is 11.8 Å². The van der Waals surface area contributed by atoms with Crippen LogP contribution in [-0.2, 0) is 17.9 Å². The van der Waals surface area contributed by atoms with Crippen LogP contribution in [0.2, 0.25) is 0 Å². The van der Waals surface area contributed by atoms with Gasteiger partial charge in [0.15, 0.2) is 11.5 Å². The molecule has 40 heavy (non-hydrogen) atoms. The third kappa shape index (κ3) is 8.05. The van der Waals surface area contributed by atoms with Gasteiger partial charge in [-0.1, -0.05) is 62.4 Å². The van der Waals surface area contributed by atoms with E-state index in [0.717, 1.165) is 63.2 Å². The number of aromatic nitrogens is 1. The molecule has 1 N–H and O–H groups in total. The van der Waals surface area contributed by atoms with E-state index in [1.54, 1.807) is 6.20 Å². The van der Waals surface area contributed by atoms with E-state index in [9.17, 15) is 4.79 Å². The zero-order chi connectivity index (χ0) is 27.8. The van der Waals surface area contributed by atoms with Gasteiger partial charge in [-0.3, -0.25) is 14.6 Å². The molecule has 7 nitrogen and oxygen atoms in total. The first kappa shape index (κ1) is 28.1. The molecule has 3 aromatic rings. The molecular weight excluding hydrogens is 500 g/mol. The summed E-state index contributed by atoms with van der Waals surface area (Å²) in [5.74, 6) is 2.01. The average molecular weight is 543 g/mol. The summed E-state index contributed by atoms with van der Waals surface area (Å²) in [5, 5.41) is 3.33. The van der Waals surface area contributed by atoms with Crippen molar-refractivity contribution in [3.63, 3.8) is 0 Å². The minimum Gasteiger partial charge on any atom is -0.489 e. The minimum absolute atomic E-state index is 0.00603. The number of piperidine rings is 1. The summed E-state index contributed by atoms with van der Waals surface area (Å²) >= 11 is 0. The molecule has 3 heterocycles. The second kappa shape index (κ2) is 13.3. The number of benzene rings is 2. The number of pyridine rings is 1. The fourth-order valence-electron chi connectivity index (χ4n) is 5.53. The van der Waals surface area contributed by atoms with Gasteiger partial charge in [0, 0.05) is 44.0 Å². The number of ether oxygens (including phenoxy) is 2. The Kier molecular flexibility index (Phi) is 9.34. The van der Waals surface area contributed by atoms with Crippen molar-refractivity contribution in [2.24, 2.45) is 5.41 Å². The standard InChI is InChI=1S/C33H42N4O3/c1-33(2)17-9-19-37(23-27-12-8-18-34-32(27)40-30-14-7-6-13-29(30)39-25-33)24-31(38)35-28-15-20-36(21-16-28)22-26-10-4-3-5-11-26/h3-8,10-14,18,28H,9,15-17,19-25H2,1-2H3,(H,35,38). The Balaban J connectivity index is 1.22. The molecule has 2 aliphatic heterocycles. The van der Waals surface area contributed by atoms with Crippen LogP contribution in [-0.4, -0.2) is 59.5 Å². The Morgan fingerprint density at radius 1 is 0.950 bits per heavy atom. The van der Waals surface area contributed by atoms with Crippen LogP contribution in [0.5, 0.6) is 17.4 Å². The predicted octanol–water partition coefficient (Wildman–Crippen LogP) is 5.66. The van der Waals surface area contributed by atoms with Crippen LogP contribution in [0.3, 0.4) is 0 Å². The lowest BCUT2D eigenvalue weighted by Gasteiger charge is -2.33. The van der Waals surface area contributed by atoms with Crippen molar-refractivity contribution < 1.29 is 14.3 Å². The van der Waals surface area contributed by atoms with Gasteiger partial charge in [-0.15, -0.1) is 0 Å². The molecule has 0 bridgehead atoms. The van der Waals surface area contributed by atoms with Gasteiger partial charge >= 0.3 is 0 Å². The molecular formula is C33H42N4O3. The number of likely N-dealkylation sites (tertiary alicyclic amines) is 1. The lowest BCUT2D eigenvalue weighted by atomic mass is 9.88. The van der Waals surface area contributed by atoms with E-state index in [-0.39, 0.29) is 17.4 Å². The number of hydrogen-bond donors (Lipinski definition) is 1. The molecule has 1 aromatic heterocycles. The van der Waals surface area contributed by atoms with E-state index in [0.29, 0.717) is 31.3 Å². The predicted molar refractivity (Wildman–Crippen MR) is 157 cm³/mol. The zero-order valence-electron chi connectivity index (χ0n) is 23.9. The number of fused-ring (bicyclic) bond motifs is 2. The minimum atomic E-state index is -0.00603. The number of rotatable bonds is 5. The number of nitrogens with one attached hydrogen (secondary N) is 1. The molecule has 1 fully saturated rings. The van der Waals surface area contributed by atoms with Crippen LogP contribution >= 0.6 is 0 Å². The van der Waals surface area contributed by atoms with Gasteiger partial charge in [-0.05, 0) is 61.4 Å². The highest BCUT2D eigenvalue weighted by atomic mass is 16.5. The van der Waals surface area contributed by atoms with E-state index < -0.39 is 0 Å². The second-order valence-corrected chi connectivity index (χ2v) is 11.9. The Morgan fingerprint density at radius 3 is 2.50 bits per heavy atom. The van der Waals surface area contributed by atoms with Gasteiger partial charge in [0.25, 0.3) is 0 Å². The molecule has 7 heteroatoms. The molecule has 5 rings (SSSR count). The number of nitrogens with zero attached hydrogens (tertiary/aromatic N) is 3. The SMILES string of the molecule is CC1(C)CCCN(CC(=O)NC2CCN(Cc3ccccc3)CC2)Cc2cccnc2Oc2ccccc2OC1. The molecule has 0 aliphatic carbocycles. The maximum Gasteiger partial charge on any atom is 0.234 e.